The number of carbonyl (C=O) groups is 1. The molecule has 2 aromatic heterocycles. The van der Waals surface area contributed by atoms with Crippen LogP contribution in [0.2, 0.25) is 10.0 Å². The molecule has 0 fully saturated rings. The van der Waals surface area contributed by atoms with Crippen LogP contribution in [0.3, 0.4) is 0 Å². The average Bonchev–Trinajstić information content (AvgIpc) is 3.30. The molecule has 0 aliphatic heterocycles. The van der Waals surface area contributed by atoms with Crippen molar-refractivity contribution >= 4 is 62.9 Å². The number of aromatic nitrogens is 2. The lowest BCUT2D eigenvalue weighted by atomic mass is 10.2. The number of hydrogen-bond donors (Lipinski definition) is 1. The molecule has 1 amide bonds. The number of rotatable bonds is 7. The van der Waals surface area contributed by atoms with Gasteiger partial charge in [0.1, 0.15) is 5.58 Å². The van der Waals surface area contributed by atoms with Gasteiger partial charge in [-0.25, -0.2) is 4.98 Å². The van der Waals surface area contributed by atoms with Gasteiger partial charge in [0.15, 0.2) is 12.4 Å². The predicted molar refractivity (Wildman–Crippen MR) is 142 cm³/mol. The smallest absolute Gasteiger partial charge is 0.313 e. The first kappa shape index (κ1) is 24.9. The van der Waals surface area contributed by atoms with E-state index in [0.717, 1.165) is 17.0 Å². The Balaban J connectivity index is 1.72. The molecule has 0 aliphatic rings. The molecular weight excluding hydrogens is 537 g/mol. The number of carbonyl (C=O) groups excluding carboxylic acids is 1. The minimum Gasteiger partial charge on any atom is -0.476 e. The fourth-order valence-electron chi connectivity index (χ4n) is 3.77. The van der Waals surface area contributed by atoms with Crippen molar-refractivity contribution in [2.75, 3.05) is 6.61 Å². The lowest BCUT2D eigenvalue weighted by Crippen LogP contribution is -2.21. The van der Waals surface area contributed by atoms with E-state index in [-0.39, 0.29) is 33.3 Å². The number of benzene rings is 3. The van der Waals surface area contributed by atoms with Crippen molar-refractivity contribution in [2.24, 2.45) is 10.8 Å². The summed E-state index contributed by atoms with van der Waals surface area (Å²) in [5.41, 5.74) is 5.03. The lowest BCUT2D eigenvalue weighted by Gasteiger charge is -2.10. The molecule has 0 aliphatic carbocycles. The van der Waals surface area contributed by atoms with Gasteiger partial charge in [0.25, 0.3) is 11.5 Å². The monoisotopic (exact) mass is 551 g/mol. The summed E-state index contributed by atoms with van der Waals surface area (Å²) < 4.78 is 12.2. The van der Waals surface area contributed by atoms with Gasteiger partial charge in [0, 0.05) is 27.1 Å². The van der Waals surface area contributed by atoms with Crippen LogP contribution >= 0.6 is 23.2 Å². The fourth-order valence-corrected chi connectivity index (χ4v) is 4.17. The van der Waals surface area contributed by atoms with Gasteiger partial charge in [-0.05, 0) is 42.5 Å². The van der Waals surface area contributed by atoms with E-state index in [1.807, 2.05) is 0 Å². The van der Waals surface area contributed by atoms with Gasteiger partial charge in [0.05, 0.1) is 22.0 Å². The number of fused-ring (bicyclic) bond motifs is 2. The summed E-state index contributed by atoms with van der Waals surface area (Å²) in [5, 5.41) is 17.3. The Hall–Kier alpha value is -4.74. The fraction of sp³-hybridized carbons (Fsp3) is 0.0400. The third-order valence-electron chi connectivity index (χ3n) is 5.38. The van der Waals surface area contributed by atoms with Crippen LogP contribution in [0.5, 0.6) is 5.75 Å². The van der Waals surface area contributed by atoms with Crippen molar-refractivity contribution in [3.05, 3.63) is 96.7 Å². The van der Waals surface area contributed by atoms with E-state index in [4.69, 9.17) is 38.1 Å². The standard InChI is InChI=1S/C25H15Cl2N5O6/c26-15-5-6-20-13(7-15)9-21(38-20)24-30-18-4-2-1-3-17(18)25(34)31(24)29-11-14-8-16(27)10-19(32(35)36)23(14)37-12-22(28)33/h1-11H,12H2,(H2,28,33). The molecule has 38 heavy (non-hydrogen) atoms. The molecular formula is C25H15Cl2N5O6. The largest absolute Gasteiger partial charge is 0.476 e. The second-order valence-electron chi connectivity index (χ2n) is 7.96. The van der Waals surface area contributed by atoms with E-state index in [1.54, 1.807) is 48.5 Å². The second-order valence-corrected chi connectivity index (χ2v) is 8.84. The van der Waals surface area contributed by atoms with Gasteiger partial charge in [-0.1, -0.05) is 35.3 Å². The van der Waals surface area contributed by atoms with Crippen molar-refractivity contribution < 1.29 is 18.9 Å². The number of ether oxygens (including phenoxy) is 1. The molecule has 0 spiro atoms. The number of nitrogens with zero attached hydrogens (tertiary/aromatic N) is 4. The molecule has 0 saturated heterocycles. The van der Waals surface area contributed by atoms with Gasteiger partial charge < -0.3 is 14.9 Å². The highest BCUT2D eigenvalue weighted by atomic mass is 35.5. The van der Waals surface area contributed by atoms with Gasteiger partial charge in [-0.15, -0.1) is 0 Å². The molecule has 190 valence electrons. The zero-order valence-corrected chi connectivity index (χ0v) is 20.6. The van der Waals surface area contributed by atoms with Gasteiger partial charge in [-0.2, -0.15) is 9.78 Å². The summed E-state index contributed by atoms with van der Waals surface area (Å²) in [5.74, 6) is -0.860. The number of furan rings is 1. The van der Waals surface area contributed by atoms with Crippen LogP contribution in [0.25, 0.3) is 33.5 Å². The summed E-state index contributed by atoms with van der Waals surface area (Å²) in [4.78, 5) is 40.2. The number of amides is 1. The quantitative estimate of drug-likeness (QED) is 0.173. The predicted octanol–water partition coefficient (Wildman–Crippen LogP) is 4.77. The molecule has 0 saturated carbocycles. The maximum absolute atomic E-state index is 13.5. The van der Waals surface area contributed by atoms with Crippen LogP contribution in [0, 0.1) is 10.1 Å². The number of primary amides is 1. The summed E-state index contributed by atoms with van der Waals surface area (Å²) in [6, 6.07) is 15.8. The molecule has 2 N–H and O–H groups in total. The van der Waals surface area contributed by atoms with Crippen LogP contribution < -0.4 is 16.0 Å². The summed E-state index contributed by atoms with van der Waals surface area (Å²) in [6.07, 6.45) is 1.14. The zero-order valence-electron chi connectivity index (χ0n) is 19.1. The van der Waals surface area contributed by atoms with Crippen LogP contribution in [0.15, 0.2) is 75.0 Å². The molecule has 3 aromatic carbocycles. The summed E-state index contributed by atoms with van der Waals surface area (Å²) in [6.45, 7) is -0.631. The molecule has 5 aromatic rings. The Kier molecular flexibility index (Phi) is 6.53. The Morgan fingerprint density at radius 3 is 2.71 bits per heavy atom. The first-order valence-corrected chi connectivity index (χ1v) is 11.6. The Labute approximate surface area is 222 Å². The van der Waals surface area contributed by atoms with Gasteiger partial charge >= 0.3 is 5.69 Å². The number of para-hydroxylation sites is 1. The molecule has 0 radical (unpaired) electrons. The number of nitrogens with two attached hydrogens (primary N) is 1. The number of nitro benzene ring substituents is 1. The van der Waals surface area contributed by atoms with Crippen LogP contribution in [-0.2, 0) is 4.79 Å². The summed E-state index contributed by atoms with van der Waals surface area (Å²) >= 11 is 12.2. The number of halogens is 2. The van der Waals surface area contributed by atoms with Crippen molar-refractivity contribution in [1.29, 1.82) is 0 Å². The van der Waals surface area contributed by atoms with Crippen molar-refractivity contribution in [3.8, 4) is 17.3 Å². The van der Waals surface area contributed by atoms with Gasteiger partial charge in [-0.3, -0.25) is 19.7 Å². The van der Waals surface area contributed by atoms with E-state index in [0.29, 0.717) is 21.5 Å². The van der Waals surface area contributed by atoms with Crippen molar-refractivity contribution in [1.82, 2.24) is 9.66 Å². The van der Waals surface area contributed by atoms with E-state index in [2.05, 4.69) is 10.1 Å². The van der Waals surface area contributed by atoms with E-state index in [1.165, 1.54) is 6.07 Å². The van der Waals surface area contributed by atoms with Gasteiger partial charge in [0.2, 0.25) is 11.6 Å². The molecule has 0 atom stereocenters. The zero-order chi connectivity index (χ0) is 27.0. The highest BCUT2D eigenvalue weighted by Crippen LogP contribution is 2.34. The Morgan fingerprint density at radius 1 is 1.16 bits per heavy atom. The first-order chi connectivity index (χ1) is 18.2. The normalized spacial score (nSPS) is 11.4. The number of hydrogen-bond acceptors (Lipinski definition) is 8. The maximum atomic E-state index is 13.5. The second kappa shape index (κ2) is 9.96. The van der Waals surface area contributed by atoms with Crippen molar-refractivity contribution in [2.45, 2.75) is 0 Å². The average molecular weight is 552 g/mol. The first-order valence-electron chi connectivity index (χ1n) is 10.9. The highest BCUT2D eigenvalue weighted by Gasteiger charge is 2.22. The van der Waals surface area contributed by atoms with E-state index < -0.39 is 28.7 Å². The van der Waals surface area contributed by atoms with Crippen LogP contribution in [-0.4, -0.2) is 33.3 Å². The number of nitro groups is 1. The minimum absolute atomic E-state index is 0.00273. The molecule has 13 heteroatoms. The minimum atomic E-state index is -0.848. The molecule has 2 heterocycles. The van der Waals surface area contributed by atoms with E-state index >= 15 is 0 Å². The van der Waals surface area contributed by atoms with Crippen LogP contribution in [0.1, 0.15) is 5.56 Å². The van der Waals surface area contributed by atoms with E-state index in [9.17, 15) is 19.7 Å². The Bertz CT molecular complexity index is 1850. The molecule has 0 unspecified atom stereocenters. The molecule has 11 nitrogen and oxygen atoms in total. The Morgan fingerprint density at radius 2 is 1.95 bits per heavy atom. The molecule has 5 rings (SSSR count). The van der Waals surface area contributed by atoms with Crippen molar-refractivity contribution in [3.63, 3.8) is 0 Å². The SMILES string of the molecule is NC(=O)COc1c(C=Nn2c(-c3cc4cc(Cl)ccc4o3)nc3ccccc3c2=O)cc(Cl)cc1[N+](=O)[O-]. The van der Waals surface area contributed by atoms with Crippen LogP contribution in [0.4, 0.5) is 5.69 Å². The third kappa shape index (κ3) is 4.80. The topological polar surface area (TPSA) is 156 Å². The maximum Gasteiger partial charge on any atom is 0.313 e. The molecule has 0 bridgehead atoms. The third-order valence-corrected chi connectivity index (χ3v) is 5.84. The lowest BCUT2D eigenvalue weighted by molar-refractivity contribution is -0.385. The summed E-state index contributed by atoms with van der Waals surface area (Å²) in [7, 11) is 0. The highest BCUT2D eigenvalue weighted by molar-refractivity contribution is 6.31.